The number of amides is 1. The Bertz CT molecular complexity index is 317. The van der Waals surface area contributed by atoms with E-state index in [4.69, 9.17) is 5.11 Å². The zero-order valence-electron chi connectivity index (χ0n) is 13.2. The van der Waals surface area contributed by atoms with E-state index < -0.39 is 31.0 Å². The molecule has 0 saturated heterocycles. The largest absolute Gasteiger partial charge is 0.394 e. The van der Waals surface area contributed by atoms with Crippen molar-refractivity contribution in [1.29, 1.82) is 0 Å². The van der Waals surface area contributed by atoms with Gasteiger partial charge in [-0.15, -0.1) is 0 Å². The molecule has 21 heavy (non-hydrogen) atoms. The molecule has 0 rings (SSSR count). The number of carbonyl (C=O) groups excluding carboxylic acids is 1. The van der Waals surface area contributed by atoms with E-state index in [2.05, 4.69) is 0 Å². The first kappa shape index (κ1) is 20.3. The Morgan fingerprint density at radius 3 is 1.95 bits per heavy atom. The summed E-state index contributed by atoms with van der Waals surface area (Å²) in [4.78, 5) is 13.2. The zero-order valence-corrected chi connectivity index (χ0v) is 13.2. The molecule has 0 aromatic rings. The van der Waals surface area contributed by atoms with E-state index in [1.807, 2.05) is 20.8 Å². The molecule has 1 amide bonds. The fourth-order valence-electron chi connectivity index (χ4n) is 1.73. The topological polar surface area (TPSA) is 121 Å². The minimum atomic E-state index is -1.68. The van der Waals surface area contributed by atoms with Crippen LogP contribution in [-0.2, 0) is 4.79 Å². The van der Waals surface area contributed by atoms with Crippen molar-refractivity contribution < 1.29 is 30.3 Å². The highest BCUT2D eigenvalue weighted by molar-refractivity contribution is 5.75. The average Bonchev–Trinajstić information content (AvgIpc) is 2.40. The first-order valence-electron chi connectivity index (χ1n) is 7.06. The third kappa shape index (κ3) is 7.73. The summed E-state index contributed by atoms with van der Waals surface area (Å²) in [7, 11) is 1.50. The zero-order chi connectivity index (χ0) is 16.8. The number of nitrogens with zero attached hydrogens (tertiary/aromatic N) is 1. The lowest BCUT2D eigenvalue weighted by Crippen LogP contribution is -2.50. The third-order valence-electron chi connectivity index (χ3n) is 3.30. The average molecular weight is 307 g/mol. The van der Waals surface area contributed by atoms with Gasteiger partial charge in [0.05, 0.1) is 6.61 Å². The molecule has 0 aliphatic carbocycles. The number of carbonyl (C=O) groups is 1. The summed E-state index contributed by atoms with van der Waals surface area (Å²) in [5.74, 6) is -0.173. The molecule has 0 aromatic heterocycles. The number of hydrogen-bond donors (Lipinski definition) is 5. The maximum Gasteiger partial charge on any atom is 0.222 e. The number of rotatable bonds is 8. The monoisotopic (exact) mass is 307 g/mol. The van der Waals surface area contributed by atoms with Crippen LogP contribution in [0.3, 0.4) is 0 Å². The van der Waals surface area contributed by atoms with Crippen molar-refractivity contribution in [2.75, 3.05) is 20.2 Å². The van der Waals surface area contributed by atoms with Crippen LogP contribution in [0.15, 0.2) is 0 Å². The molecule has 0 saturated carbocycles. The summed E-state index contributed by atoms with van der Waals surface area (Å²) < 4.78 is 0. The Morgan fingerprint density at radius 1 is 1.05 bits per heavy atom. The maximum absolute atomic E-state index is 11.9. The highest BCUT2D eigenvalue weighted by Crippen LogP contribution is 2.21. The molecule has 126 valence electrons. The number of aliphatic hydroxyl groups is 5. The first-order valence-corrected chi connectivity index (χ1v) is 7.06. The van der Waals surface area contributed by atoms with E-state index in [0.29, 0.717) is 12.8 Å². The van der Waals surface area contributed by atoms with Crippen molar-refractivity contribution in [1.82, 2.24) is 4.90 Å². The van der Waals surface area contributed by atoms with Crippen LogP contribution in [0, 0.1) is 5.41 Å². The normalized spacial score (nSPS) is 18.0. The second kappa shape index (κ2) is 8.65. The van der Waals surface area contributed by atoms with Gasteiger partial charge in [-0.2, -0.15) is 0 Å². The van der Waals surface area contributed by atoms with Crippen LogP contribution in [0.2, 0.25) is 0 Å². The maximum atomic E-state index is 11.9. The van der Waals surface area contributed by atoms with Crippen LogP contribution in [0.5, 0.6) is 0 Å². The summed E-state index contributed by atoms with van der Waals surface area (Å²) in [6.45, 7) is 5.16. The fourth-order valence-corrected chi connectivity index (χ4v) is 1.73. The molecule has 4 unspecified atom stereocenters. The predicted molar refractivity (Wildman–Crippen MR) is 77.4 cm³/mol. The lowest BCUT2D eigenvalue weighted by Gasteiger charge is -2.29. The van der Waals surface area contributed by atoms with Gasteiger partial charge in [-0.25, -0.2) is 0 Å². The molecule has 7 heteroatoms. The van der Waals surface area contributed by atoms with Gasteiger partial charge in [-0.05, 0) is 11.8 Å². The van der Waals surface area contributed by atoms with E-state index in [-0.39, 0.29) is 17.9 Å². The molecule has 0 aromatic carbocycles. The van der Waals surface area contributed by atoms with E-state index in [1.54, 1.807) is 0 Å². The summed E-state index contributed by atoms with van der Waals surface area (Å²) in [6, 6.07) is 0. The van der Waals surface area contributed by atoms with Gasteiger partial charge >= 0.3 is 0 Å². The molecule has 0 aliphatic heterocycles. The second-order valence-corrected chi connectivity index (χ2v) is 6.63. The Kier molecular flexibility index (Phi) is 8.35. The van der Waals surface area contributed by atoms with Crippen molar-refractivity contribution in [2.45, 2.75) is 58.0 Å². The summed E-state index contributed by atoms with van der Waals surface area (Å²) in [5.41, 5.74) is 0.0239. The van der Waals surface area contributed by atoms with Crippen LogP contribution in [0.1, 0.15) is 33.6 Å². The van der Waals surface area contributed by atoms with Crippen molar-refractivity contribution >= 4 is 5.91 Å². The molecule has 5 N–H and O–H groups in total. The smallest absolute Gasteiger partial charge is 0.222 e. The molecule has 0 aliphatic rings. The number of hydrogen-bond acceptors (Lipinski definition) is 6. The standard InChI is InChI=1S/C14H29NO6/c1-14(2,3)6-5-11(19)15(4)7-9(17)12(20)13(21)10(18)8-16/h9-10,12-13,16-18,20-21H,5-8H2,1-4H3. The van der Waals surface area contributed by atoms with Crippen molar-refractivity contribution in [2.24, 2.45) is 5.41 Å². The molecule has 0 bridgehead atoms. The van der Waals surface area contributed by atoms with Crippen molar-refractivity contribution in [3.63, 3.8) is 0 Å². The van der Waals surface area contributed by atoms with E-state index >= 15 is 0 Å². The molecule has 0 heterocycles. The van der Waals surface area contributed by atoms with Crippen LogP contribution < -0.4 is 0 Å². The van der Waals surface area contributed by atoms with Gasteiger partial charge in [0.1, 0.15) is 24.4 Å². The Labute approximate surface area is 125 Å². The summed E-state index contributed by atoms with van der Waals surface area (Å²) in [5, 5.41) is 46.8. The number of aliphatic hydroxyl groups excluding tert-OH is 5. The molecule has 0 radical (unpaired) electrons. The van der Waals surface area contributed by atoms with E-state index in [9.17, 15) is 25.2 Å². The highest BCUT2D eigenvalue weighted by atomic mass is 16.4. The first-order chi connectivity index (χ1) is 9.49. The molecule has 0 spiro atoms. The molecular weight excluding hydrogens is 278 g/mol. The third-order valence-corrected chi connectivity index (χ3v) is 3.30. The molecular formula is C14H29NO6. The van der Waals surface area contributed by atoms with Gasteiger partial charge in [-0.1, -0.05) is 20.8 Å². The Morgan fingerprint density at radius 2 is 1.52 bits per heavy atom. The molecule has 7 nitrogen and oxygen atoms in total. The SMILES string of the molecule is CN(CC(O)C(O)C(O)C(O)CO)C(=O)CCC(C)(C)C. The summed E-state index contributed by atoms with van der Waals surface area (Å²) >= 11 is 0. The fraction of sp³-hybridized carbons (Fsp3) is 0.929. The highest BCUT2D eigenvalue weighted by Gasteiger charge is 2.31. The van der Waals surface area contributed by atoms with Gasteiger partial charge in [-0.3, -0.25) is 4.79 Å². The van der Waals surface area contributed by atoms with Crippen molar-refractivity contribution in [3.8, 4) is 0 Å². The number of likely N-dealkylation sites (N-methyl/N-ethyl adjacent to an activating group) is 1. The van der Waals surface area contributed by atoms with Crippen LogP contribution >= 0.6 is 0 Å². The minimum absolute atomic E-state index is 0.0239. The minimum Gasteiger partial charge on any atom is -0.394 e. The van der Waals surface area contributed by atoms with Gasteiger partial charge < -0.3 is 30.4 Å². The molecule has 0 fully saturated rings. The Balaban J connectivity index is 4.36. The van der Waals surface area contributed by atoms with Crippen molar-refractivity contribution in [3.05, 3.63) is 0 Å². The summed E-state index contributed by atoms with van der Waals surface area (Å²) in [6.07, 6.45) is -5.26. The van der Waals surface area contributed by atoms with E-state index in [0.717, 1.165) is 0 Å². The van der Waals surface area contributed by atoms with Gasteiger partial charge in [0.2, 0.25) is 5.91 Å². The second-order valence-electron chi connectivity index (χ2n) is 6.63. The van der Waals surface area contributed by atoms with Gasteiger partial charge in [0.15, 0.2) is 0 Å². The Hall–Kier alpha value is -0.730. The quantitative estimate of drug-likeness (QED) is 0.380. The predicted octanol–water partition coefficient (Wildman–Crippen LogP) is -1.29. The van der Waals surface area contributed by atoms with Crippen LogP contribution in [0.4, 0.5) is 0 Å². The van der Waals surface area contributed by atoms with Crippen LogP contribution in [-0.4, -0.2) is 81.0 Å². The lowest BCUT2D eigenvalue weighted by atomic mass is 9.90. The van der Waals surface area contributed by atoms with E-state index in [1.165, 1.54) is 11.9 Å². The van der Waals surface area contributed by atoms with Gasteiger partial charge in [0.25, 0.3) is 0 Å². The van der Waals surface area contributed by atoms with Crippen LogP contribution in [0.25, 0.3) is 0 Å². The lowest BCUT2D eigenvalue weighted by molar-refractivity contribution is -0.138. The van der Waals surface area contributed by atoms with Gasteiger partial charge in [0, 0.05) is 20.0 Å². The molecule has 4 atom stereocenters.